The van der Waals surface area contributed by atoms with E-state index in [4.69, 9.17) is 0 Å². The Morgan fingerprint density at radius 1 is 0.958 bits per heavy atom. The maximum absolute atomic E-state index is 12.0. The maximum Gasteiger partial charge on any atom is 0.238 e. The molecule has 0 aromatic heterocycles. The van der Waals surface area contributed by atoms with E-state index < -0.39 is 0 Å². The minimum Gasteiger partial charge on any atom is -0.325 e. The van der Waals surface area contributed by atoms with Gasteiger partial charge in [-0.25, -0.2) is 0 Å². The largest absolute Gasteiger partial charge is 0.325 e. The zero-order chi connectivity index (χ0) is 17.5. The summed E-state index contributed by atoms with van der Waals surface area (Å²) in [7, 11) is 0. The molecule has 0 bridgehead atoms. The Morgan fingerprint density at radius 3 is 2.17 bits per heavy atom. The van der Waals surface area contributed by atoms with Gasteiger partial charge >= 0.3 is 0 Å². The Labute approximate surface area is 145 Å². The van der Waals surface area contributed by atoms with Crippen molar-refractivity contribution in [2.75, 3.05) is 11.9 Å². The van der Waals surface area contributed by atoms with Gasteiger partial charge in [0.1, 0.15) is 0 Å². The van der Waals surface area contributed by atoms with Gasteiger partial charge in [0.25, 0.3) is 0 Å². The third-order valence-corrected chi connectivity index (χ3v) is 4.03. The predicted molar refractivity (Wildman–Crippen MR) is 101 cm³/mol. The van der Waals surface area contributed by atoms with E-state index in [1.807, 2.05) is 31.2 Å². The summed E-state index contributed by atoms with van der Waals surface area (Å²) in [6.45, 7) is 8.86. The van der Waals surface area contributed by atoms with Crippen molar-refractivity contribution in [2.24, 2.45) is 5.92 Å². The van der Waals surface area contributed by atoms with Crippen LogP contribution in [0.4, 0.5) is 5.69 Å². The molecule has 0 saturated heterocycles. The molecule has 0 radical (unpaired) electrons. The van der Waals surface area contributed by atoms with Gasteiger partial charge in [-0.3, -0.25) is 4.79 Å². The van der Waals surface area contributed by atoms with Gasteiger partial charge in [-0.1, -0.05) is 55.8 Å². The molecule has 24 heavy (non-hydrogen) atoms. The summed E-state index contributed by atoms with van der Waals surface area (Å²) in [5.41, 5.74) is 4.57. The molecule has 0 spiro atoms. The third-order valence-electron chi connectivity index (χ3n) is 4.03. The minimum atomic E-state index is -0.0258. The number of amides is 1. The third kappa shape index (κ3) is 5.82. The molecule has 3 nitrogen and oxygen atoms in total. The van der Waals surface area contributed by atoms with Crippen LogP contribution in [0.2, 0.25) is 0 Å². The lowest BCUT2D eigenvalue weighted by atomic mass is 10.00. The molecule has 1 unspecified atom stereocenters. The van der Waals surface area contributed by atoms with Crippen molar-refractivity contribution in [3.63, 3.8) is 0 Å². The van der Waals surface area contributed by atoms with Crippen LogP contribution < -0.4 is 10.6 Å². The summed E-state index contributed by atoms with van der Waals surface area (Å²) in [4.78, 5) is 12.0. The Hall–Kier alpha value is -2.13. The van der Waals surface area contributed by atoms with Crippen LogP contribution in [0.5, 0.6) is 0 Å². The van der Waals surface area contributed by atoms with Crippen LogP contribution in [-0.2, 0) is 11.2 Å². The molecule has 0 heterocycles. The molecule has 1 atom stereocenters. The van der Waals surface area contributed by atoms with Crippen LogP contribution in [0.15, 0.2) is 48.5 Å². The summed E-state index contributed by atoms with van der Waals surface area (Å²) in [5, 5.41) is 6.18. The fourth-order valence-electron chi connectivity index (χ4n) is 2.62. The average molecular weight is 324 g/mol. The second-order valence-corrected chi connectivity index (χ2v) is 6.86. The van der Waals surface area contributed by atoms with Gasteiger partial charge in [0.05, 0.1) is 6.54 Å². The van der Waals surface area contributed by atoms with E-state index in [1.54, 1.807) is 0 Å². The van der Waals surface area contributed by atoms with Crippen molar-refractivity contribution in [3.05, 3.63) is 65.2 Å². The predicted octanol–water partition coefficient (Wildman–Crippen LogP) is 4.48. The fraction of sp³-hybridized carbons (Fsp3) is 0.381. The van der Waals surface area contributed by atoms with E-state index in [1.165, 1.54) is 16.7 Å². The van der Waals surface area contributed by atoms with Crippen LogP contribution in [0.3, 0.4) is 0 Å². The highest BCUT2D eigenvalue weighted by atomic mass is 16.1. The lowest BCUT2D eigenvalue weighted by Crippen LogP contribution is -2.30. The number of benzene rings is 2. The summed E-state index contributed by atoms with van der Waals surface area (Å²) >= 11 is 0. The molecule has 1 amide bonds. The number of nitrogens with one attached hydrogen (secondary N) is 2. The fourth-order valence-corrected chi connectivity index (χ4v) is 2.62. The number of carbonyl (C=O) groups excluding carboxylic acids is 1. The van der Waals surface area contributed by atoms with Crippen LogP contribution in [0, 0.1) is 12.8 Å². The number of anilines is 1. The highest BCUT2D eigenvalue weighted by Gasteiger charge is 2.08. The maximum atomic E-state index is 12.0. The zero-order valence-electron chi connectivity index (χ0n) is 15.1. The number of hydrogen-bond donors (Lipinski definition) is 2. The van der Waals surface area contributed by atoms with Crippen LogP contribution in [0.25, 0.3) is 0 Å². The molecular formula is C21H28N2O. The topological polar surface area (TPSA) is 41.1 Å². The highest BCUT2D eigenvalue weighted by Crippen LogP contribution is 2.15. The molecule has 2 N–H and O–H groups in total. The monoisotopic (exact) mass is 324 g/mol. The van der Waals surface area contributed by atoms with Crippen LogP contribution in [-0.4, -0.2) is 12.5 Å². The van der Waals surface area contributed by atoms with E-state index >= 15 is 0 Å². The SMILES string of the molecule is Cc1ccc(NC(=O)CNC(C)c2ccc(CC(C)C)cc2)cc1. The van der Waals surface area contributed by atoms with Crippen molar-refractivity contribution < 1.29 is 4.79 Å². The van der Waals surface area contributed by atoms with Crippen molar-refractivity contribution in [3.8, 4) is 0 Å². The summed E-state index contributed by atoms with van der Waals surface area (Å²) < 4.78 is 0. The number of rotatable bonds is 7. The van der Waals surface area contributed by atoms with Gasteiger partial charge < -0.3 is 10.6 Å². The summed E-state index contributed by atoms with van der Waals surface area (Å²) in [5.74, 6) is 0.638. The van der Waals surface area contributed by atoms with Crippen molar-refractivity contribution in [2.45, 2.75) is 40.2 Å². The Morgan fingerprint density at radius 2 is 1.58 bits per heavy atom. The second-order valence-electron chi connectivity index (χ2n) is 6.86. The van der Waals surface area contributed by atoms with Gasteiger partial charge in [0.15, 0.2) is 0 Å². The molecule has 0 fully saturated rings. The Bertz CT molecular complexity index is 645. The molecular weight excluding hydrogens is 296 g/mol. The molecule has 0 saturated carbocycles. The van der Waals surface area contributed by atoms with E-state index in [9.17, 15) is 4.79 Å². The Kier molecular flexibility index (Phi) is 6.56. The van der Waals surface area contributed by atoms with Crippen LogP contribution in [0.1, 0.15) is 43.5 Å². The van der Waals surface area contributed by atoms with Crippen molar-refractivity contribution in [1.82, 2.24) is 5.32 Å². The molecule has 2 rings (SSSR count). The average Bonchev–Trinajstić information content (AvgIpc) is 2.55. The number of aryl methyl sites for hydroxylation is 1. The lowest BCUT2D eigenvalue weighted by Gasteiger charge is -2.15. The Balaban J connectivity index is 1.82. The molecule has 0 aliphatic heterocycles. The smallest absolute Gasteiger partial charge is 0.238 e. The minimum absolute atomic E-state index is 0.0258. The summed E-state index contributed by atoms with van der Waals surface area (Å²) in [6, 6.07) is 16.6. The highest BCUT2D eigenvalue weighted by molar-refractivity contribution is 5.92. The first kappa shape index (κ1) is 18.2. The van der Waals surface area contributed by atoms with E-state index in [2.05, 4.69) is 55.7 Å². The first-order valence-electron chi connectivity index (χ1n) is 8.63. The molecule has 0 aliphatic carbocycles. The first-order valence-corrected chi connectivity index (χ1v) is 8.63. The van der Waals surface area contributed by atoms with Gasteiger partial charge in [0.2, 0.25) is 5.91 Å². The number of carbonyl (C=O) groups is 1. The molecule has 2 aromatic carbocycles. The van der Waals surface area contributed by atoms with Gasteiger partial charge in [-0.2, -0.15) is 0 Å². The van der Waals surface area contributed by atoms with Crippen molar-refractivity contribution in [1.29, 1.82) is 0 Å². The first-order chi connectivity index (χ1) is 11.4. The summed E-state index contributed by atoms with van der Waals surface area (Å²) in [6.07, 6.45) is 1.10. The molecule has 128 valence electrons. The molecule has 3 heteroatoms. The van der Waals surface area contributed by atoms with Crippen LogP contribution >= 0.6 is 0 Å². The zero-order valence-corrected chi connectivity index (χ0v) is 15.1. The quantitative estimate of drug-likeness (QED) is 0.788. The second kappa shape index (κ2) is 8.65. The van der Waals surface area contributed by atoms with Gasteiger partial charge in [0, 0.05) is 11.7 Å². The standard InChI is InChI=1S/C21H28N2O/c1-15(2)13-18-7-9-19(10-8-18)17(4)22-14-21(24)23-20-11-5-16(3)6-12-20/h5-12,15,17,22H,13-14H2,1-4H3,(H,23,24). The van der Waals surface area contributed by atoms with Crippen molar-refractivity contribution >= 4 is 11.6 Å². The lowest BCUT2D eigenvalue weighted by molar-refractivity contribution is -0.115. The van der Waals surface area contributed by atoms with Gasteiger partial charge in [-0.15, -0.1) is 0 Å². The molecule has 0 aliphatic rings. The van der Waals surface area contributed by atoms with E-state index in [-0.39, 0.29) is 11.9 Å². The molecule has 2 aromatic rings. The normalized spacial score (nSPS) is 12.2. The van der Waals surface area contributed by atoms with E-state index in [0.29, 0.717) is 12.5 Å². The van der Waals surface area contributed by atoms with Gasteiger partial charge in [-0.05, 0) is 49.4 Å². The van der Waals surface area contributed by atoms with E-state index in [0.717, 1.165) is 12.1 Å². The number of hydrogen-bond acceptors (Lipinski definition) is 2.